The summed E-state index contributed by atoms with van der Waals surface area (Å²) in [4.78, 5) is 13.5. The van der Waals surface area contributed by atoms with Crippen molar-refractivity contribution in [1.29, 1.82) is 0 Å². The lowest BCUT2D eigenvalue weighted by Crippen LogP contribution is -2.02. The molecule has 2 heterocycles. The van der Waals surface area contributed by atoms with Crippen LogP contribution in [0.25, 0.3) is 11.0 Å². The minimum Gasteiger partial charge on any atom is -0.460 e. The van der Waals surface area contributed by atoms with Crippen LogP contribution in [-0.4, -0.2) is 5.78 Å². The smallest absolute Gasteiger partial charge is 0.207 e. The van der Waals surface area contributed by atoms with Crippen LogP contribution in [0.5, 0.6) is 0 Å². The van der Waals surface area contributed by atoms with Crippen LogP contribution in [0.3, 0.4) is 0 Å². The van der Waals surface area contributed by atoms with Gasteiger partial charge in [-0.05, 0) is 30.0 Å². The Labute approximate surface area is 115 Å². The molecule has 0 amide bonds. The average Bonchev–Trinajstić information content (AvgIpc) is 3.01. The van der Waals surface area contributed by atoms with Crippen LogP contribution in [-0.2, 0) is 6.42 Å². The summed E-state index contributed by atoms with van der Waals surface area (Å²) in [5.74, 6) is 0.855. The summed E-state index contributed by atoms with van der Waals surface area (Å²) < 4.78 is 5.79. The van der Waals surface area contributed by atoms with Crippen molar-refractivity contribution in [2.75, 3.05) is 0 Å². The minimum atomic E-state index is 0.0781. The zero-order valence-electron chi connectivity index (χ0n) is 10.9. The molecule has 0 atom stereocenters. The lowest BCUT2D eigenvalue weighted by molar-refractivity contribution is 0.104. The Hall–Kier alpha value is -1.87. The number of aryl methyl sites for hydroxylation is 2. The third-order valence-corrected chi connectivity index (χ3v) is 4.30. The lowest BCUT2D eigenvalue weighted by atomic mass is 10.0. The monoisotopic (exact) mass is 270 g/mol. The SMILES string of the molecule is CCc1oc2ccccc2c1C(=O)c1sccc1C. The zero-order valence-corrected chi connectivity index (χ0v) is 11.7. The molecule has 19 heavy (non-hydrogen) atoms. The Morgan fingerprint density at radius 1 is 1.26 bits per heavy atom. The quantitative estimate of drug-likeness (QED) is 0.651. The van der Waals surface area contributed by atoms with E-state index in [1.54, 1.807) is 0 Å². The second-order valence-electron chi connectivity index (χ2n) is 4.51. The number of furan rings is 1. The molecule has 0 saturated carbocycles. The van der Waals surface area contributed by atoms with E-state index < -0.39 is 0 Å². The van der Waals surface area contributed by atoms with Gasteiger partial charge in [-0.1, -0.05) is 25.1 Å². The van der Waals surface area contributed by atoms with E-state index >= 15 is 0 Å². The van der Waals surface area contributed by atoms with Crippen molar-refractivity contribution in [3.63, 3.8) is 0 Å². The molecule has 3 heteroatoms. The largest absolute Gasteiger partial charge is 0.460 e. The third kappa shape index (κ3) is 1.90. The molecule has 0 radical (unpaired) electrons. The molecule has 1 aromatic carbocycles. The number of benzene rings is 1. The van der Waals surface area contributed by atoms with Gasteiger partial charge in [-0.3, -0.25) is 4.79 Å². The summed E-state index contributed by atoms with van der Waals surface area (Å²) in [5, 5.41) is 2.87. The van der Waals surface area contributed by atoms with Crippen molar-refractivity contribution in [1.82, 2.24) is 0 Å². The molecule has 3 rings (SSSR count). The highest BCUT2D eigenvalue weighted by molar-refractivity contribution is 7.12. The topological polar surface area (TPSA) is 30.2 Å². The predicted molar refractivity (Wildman–Crippen MR) is 78.1 cm³/mol. The van der Waals surface area contributed by atoms with Crippen molar-refractivity contribution < 1.29 is 9.21 Å². The van der Waals surface area contributed by atoms with E-state index in [1.165, 1.54) is 11.3 Å². The molecule has 0 unspecified atom stereocenters. The number of hydrogen-bond acceptors (Lipinski definition) is 3. The van der Waals surface area contributed by atoms with Crippen LogP contribution in [0.15, 0.2) is 40.1 Å². The van der Waals surface area contributed by atoms with Gasteiger partial charge in [-0.25, -0.2) is 0 Å². The van der Waals surface area contributed by atoms with E-state index in [1.807, 2.05) is 49.6 Å². The van der Waals surface area contributed by atoms with E-state index in [0.29, 0.717) is 0 Å². The highest BCUT2D eigenvalue weighted by Gasteiger charge is 2.22. The normalized spacial score (nSPS) is 11.1. The van der Waals surface area contributed by atoms with Gasteiger partial charge in [-0.15, -0.1) is 11.3 Å². The number of carbonyl (C=O) groups is 1. The Bertz CT molecular complexity index is 749. The van der Waals surface area contributed by atoms with Gasteiger partial charge in [0.1, 0.15) is 11.3 Å². The standard InChI is InChI=1S/C16H14O2S/c1-3-12-14(11-6-4-5-7-13(11)18-12)15(17)16-10(2)8-9-19-16/h4-9H,3H2,1-2H3. The molecule has 3 aromatic rings. The summed E-state index contributed by atoms with van der Waals surface area (Å²) in [6.45, 7) is 3.98. The average molecular weight is 270 g/mol. The van der Waals surface area contributed by atoms with Gasteiger partial charge in [-0.2, -0.15) is 0 Å². The van der Waals surface area contributed by atoms with Crippen molar-refractivity contribution in [2.24, 2.45) is 0 Å². The fourth-order valence-corrected chi connectivity index (χ4v) is 3.18. The van der Waals surface area contributed by atoms with Crippen LogP contribution < -0.4 is 0 Å². The Kier molecular flexibility index (Phi) is 2.99. The first-order chi connectivity index (χ1) is 9.22. The molecular weight excluding hydrogens is 256 g/mol. The molecule has 0 aliphatic rings. The highest BCUT2D eigenvalue weighted by atomic mass is 32.1. The van der Waals surface area contributed by atoms with Crippen molar-refractivity contribution >= 4 is 28.1 Å². The maximum Gasteiger partial charge on any atom is 0.207 e. The van der Waals surface area contributed by atoms with Crippen molar-refractivity contribution in [2.45, 2.75) is 20.3 Å². The maximum atomic E-state index is 12.7. The number of thiophene rings is 1. The fraction of sp³-hybridized carbons (Fsp3) is 0.188. The summed E-state index contributed by atoms with van der Waals surface area (Å²) in [6.07, 6.45) is 0.722. The third-order valence-electron chi connectivity index (χ3n) is 3.28. The lowest BCUT2D eigenvalue weighted by Gasteiger charge is -2.00. The first kappa shape index (κ1) is 12.2. The van der Waals surface area contributed by atoms with Crippen LogP contribution in [0.2, 0.25) is 0 Å². The van der Waals surface area contributed by atoms with Gasteiger partial charge in [0.2, 0.25) is 5.78 Å². The molecule has 0 fully saturated rings. The Morgan fingerprint density at radius 2 is 2.05 bits per heavy atom. The Balaban J connectivity index is 2.24. The van der Waals surface area contributed by atoms with E-state index in [0.717, 1.165) is 39.2 Å². The second kappa shape index (κ2) is 4.67. The summed E-state index contributed by atoms with van der Waals surface area (Å²) in [5.41, 5.74) is 2.54. The summed E-state index contributed by atoms with van der Waals surface area (Å²) >= 11 is 1.49. The van der Waals surface area contributed by atoms with E-state index in [4.69, 9.17) is 4.42 Å². The van der Waals surface area contributed by atoms with Gasteiger partial charge in [0.05, 0.1) is 10.4 Å². The molecule has 0 aliphatic heterocycles. The first-order valence-corrected chi connectivity index (χ1v) is 7.19. The van der Waals surface area contributed by atoms with Gasteiger partial charge < -0.3 is 4.42 Å². The number of ketones is 1. The predicted octanol–water partition coefficient (Wildman–Crippen LogP) is 4.60. The van der Waals surface area contributed by atoms with Gasteiger partial charge in [0.15, 0.2) is 0 Å². The van der Waals surface area contributed by atoms with Crippen molar-refractivity contribution in [3.8, 4) is 0 Å². The summed E-state index contributed by atoms with van der Waals surface area (Å²) in [7, 11) is 0. The van der Waals surface area contributed by atoms with E-state index in [9.17, 15) is 4.79 Å². The van der Waals surface area contributed by atoms with Crippen LogP contribution in [0, 0.1) is 6.92 Å². The van der Waals surface area contributed by atoms with Crippen LogP contribution in [0.4, 0.5) is 0 Å². The molecule has 0 spiro atoms. The molecule has 0 saturated heterocycles. The molecular formula is C16H14O2S. The minimum absolute atomic E-state index is 0.0781. The van der Waals surface area contributed by atoms with E-state index in [2.05, 4.69) is 0 Å². The number of para-hydroxylation sites is 1. The van der Waals surface area contributed by atoms with Crippen LogP contribution >= 0.6 is 11.3 Å². The summed E-state index contributed by atoms with van der Waals surface area (Å²) in [6, 6.07) is 9.71. The number of carbonyl (C=O) groups excluding carboxylic acids is 1. The maximum absolute atomic E-state index is 12.7. The van der Waals surface area contributed by atoms with Crippen LogP contribution in [0.1, 0.15) is 33.5 Å². The molecule has 96 valence electrons. The first-order valence-electron chi connectivity index (χ1n) is 6.31. The fourth-order valence-electron chi connectivity index (χ4n) is 2.31. The molecule has 2 aromatic heterocycles. The Morgan fingerprint density at radius 3 is 2.74 bits per heavy atom. The number of rotatable bonds is 3. The second-order valence-corrected chi connectivity index (χ2v) is 5.43. The molecule has 0 bridgehead atoms. The van der Waals surface area contributed by atoms with Crippen molar-refractivity contribution in [3.05, 3.63) is 57.5 Å². The molecule has 0 aliphatic carbocycles. The van der Waals surface area contributed by atoms with Gasteiger partial charge in [0.25, 0.3) is 0 Å². The molecule has 0 N–H and O–H groups in total. The zero-order chi connectivity index (χ0) is 13.4. The van der Waals surface area contributed by atoms with Gasteiger partial charge in [0, 0.05) is 11.8 Å². The van der Waals surface area contributed by atoms with E-state index in [-0.39, 0.29) is 5.78 Å². The number of hydrogen-bond donors (Lipinski definition) is 0. The van der Waals surface area contributed by atoms with Gasteiger partial charge >= 0.3 is 0 Å². The number of fused-ring (bicyclic) bond motifs is 1. The molecule has 2 nitrogen and oxygen atoms in total. The highest BCUT2D eigenvalue weighted by Crippen LogP contribution is 2.30.